The molecule has 0 saturated carbocycles. The molecular formula is C25H33ClN4O2. The smallest absolute Gasteiger partial charge is 0.226 e. The molecular weight excluding hydrogens is 424 g/mol. The number of aryl methyl sites for hydroxylation is 1. The van der Waals surface area contributed by atoms with Gasteiger partial charge >= 0.3 is 0 Å². The largest absolute Gasteiger partial charge is 0.478 e. The van der Waals surface area contributed by atoms with Gasteiger partial charge in [0.25, 0.3) is 0 Å². The van der Waals surface area contributed by atoms with Gasteiger partial charge in [0.05, 0.1) is 17.3 Å². The molecule has 0 aliphatic carbocycles. The Kier molecular flexibility index (Phi) is 6.91. The zero-order chi connectivity index (χ0) is 22.7. The number of ether oxygens (including phenoxy) is 1. The standard InChI is InChI=1S/C25H33ClN4O2/c1-18-7-6-8-20(23(18)26)30-14-12-29(13-15-30)11-4-5-16-32-22-10-9-19-24(28-22)27-21(31)17-25(19,2)3/h6-10H,4-5,11-17H2,1-3H3,(H,27,28,31). The van der Waals surface area contributed by atoms with E-state index in [9.17, 15) is 4.79 Å². The molecule has 1 saturated heterocycles. The number of carbonyl (C=O) groups excluding carboxylic acids is 1. The van der Waals surface area contributed by atoms with Gasteiger partial charge in [0.15, 0.2) is 0 Å². The monoisotopic (exact) mass is 456 g/mol. The maximum absolute atomic E-state index is 11.9. The van der Waals surface area contributed by atoms with E-state index in [-0.39, 0.29) is 11.3 Å². The summed E-state index contributed by atoms with van der Waals surface area (Å²) < 4.78 is 5.86. The third-order valence-electron chi connectivity index (χ3n) is 6.46. The second kappa shape index (κ2) is 9.67. The molecule has 0 spiro atoms. The van der Waals surface area contributed by atoms with Crippen molar-refractivity contribution < 1.29 is 9.53 Å². The Morgan fingerprint density at radius 3 is 2.69 bits per heavy atom. The molecule has 0 unspecified atom stereocenters. The number of hydrogen-bond donors (Lipinski definition) is 1. The van der Waals surface area contributed by atoms with Gasteiger partial charge in [0, 0.05) is 49.6 Å². The Bertz CT molecular complexity index is 970. The number of anilines is 2. The second-order valence-electron chi connectivity index (χ2n) is 9.45. The number of pyridine rings is 1. The maximum Gasteiger partial charge on any atom is 0.226 e. The summed E-state index contributed by atoms with van der Waals surface area (Å²) in [4.78, 5) is 21.3. The molecule has 172 valence electrons. The molecule has 1 fully saturated rings. The van der Waals surface area contributed by atoms with Gasteiger partial charge in [-0.25, -0.2) is 0 Å². The highest BCUT2D eigenvalue weighted by molar-refractivity contribution is 6.34. The van der Waals surface area contributed by atoms with Crippen LogP contribution in [-0.2, 0) is 10.2 Å². The van der Waals surface area contributed by atoms with Crippen LogP contribution in [0.5, 0.6) is 5.88 Å². The number of unbranched alkanes of at least 4 members (excludes halogenated alkanes) is 1. The van der Waals surface area contributed by atoms with Crippen molar-refractivity contribution in [2.45, 2.75) is 45.4 Å². The predicted molar refractivity (Wildman–Crippen MR) is 130 cm³/mol. The number of aromatic nitrogens is 1. The van der Waals surface area contributed by atoms with Crippen LogP contribution in [0, 0.1) is 6.92 Å². The molecule has 0 atom stereocenters. The van der Waals surface area contributed by atoms with Gasteiger partial charge in [-0.2, -0.15) is 4.98 Å². The number of carbonyl (C=O) groups is 1. The van der Waals surface area contributed by atoms with Crippen molar-refractivity contribution in [3.63, 3.8) is 0 Å². The number of nitrogens with zero attached hydrogens (tertiary/aromatic N) is 3. The van der Waals surface area contributed by atoms with Gasteiger partial charge in [-0.05, 0) is 44.0 Å². The molecule has 32 heavy (non-hydrogen) atoms. The van der Waals surface area contributed by atoms with Crippen LogP contribution in [-0.4, -0.2) is 55.1 Å². The van der Waals surface area contributed by atoms with Crippen LogP contribution in [0.3, 0.4) is 0 Å². The first-order valence-corrected chi connectivity index (χ1v) is 11.9. The fourth-order valence-electron chi connectivity index (χ4n) is 4.54. The van der Waals surface area contributed by atoms with Crippen LogP contribution in [0.2, 0.25) is 5.02 Å². The van der Waals surface area contributed by atoms with Gasteiger partial charge in [0.2, 0.25) is 11.8 Å². The molecule has 6 nitrogen and oxygen atoms in total. The number of fused-ring (bicyclic) bond motifs is 1. The molecule has 7 heteroatoms. The van der Waals surface area contributed by atoms with Crippen LogP contribution in [0.4, 0.5) is 11.5 Å². The minimum atomic E-state index is -0.197. The Balaban J connectivity index is 1.18. The highest BCUT2D eigenvalue weighted by Gasteiger charge is 2.33. The lowest BCUT2D eigenvalue weighted by Gasteiger charge is -2.36. The van der Waals surface area contributed by atoms with Crippen LogP contribution in [0.1, 0.15) is 44.2 Å². The topological polar surface area (TPSA) is 57.7 Å². The molecule has 2 aromatic rings. The van der Waals surface area contributed by atoms with E-state index < -0.39 is 0 Å². The molecule has 1 aromatic heterocycles. The first kappa shape index (κ1) is 22.9. The number of halogens is 1. The average Bonchev–Trinajstić information content (AvgIpc) is 2.75. The molecule has 2 aliphatic heterocycles. The number of benzene rings is 1. The van der Waals surface area contributed by atoms with Crippen molar-refractivity contribution in [1.29, 1.82) is 0 Å². The number of hydrogen-bond acceptors (Lipinski definition) is 5. The lowest BCUT2D eigenvalue weighted by atomic mass is 9.79. The van der Waals surface area contributed by atoms with Gasteiger partial charge in [-0.3, -0.25) is 9.69 Å². The van der Waals surface area contributed by atoms with Gasteiger partial charge in [-0.1, -0.05) is 37.6 Å². The molecule has 1 aromatic carbocycles. The minimum Gasteiger partial charge on any atom is -0.478 e. The third-order valence-corrected chi connectivity index (χ3v) is 6.95. The van der Waals surface area contributed by atoms with Crippen molar-refractivity contribution in [1.82, 2.24) is 9.88 Å². The quantitative estimate of drug-likeness (QED) is 0.615. The van der Waals surface area contributed by atoms with E-state index in [0.29, 0.717) is 24.7 Å². The number of piperazine rings is 1. The van der Waals surface area contributed by atoms with Gasteiger partial charge in [-0.15, -0.1) is 0 Å². The Labute approximate surface area is 195 Å². The summed E-state index contributed by atoms with van der Waals surface area (Å²) >= 11 is 6.50. The number of rotatable bonds is 7. The fourth-order valence-corrected chi connectivity index (χ4v) is 4.78. The molecule has 0 radical (unpaired) electrons. The first-order chi connectivity index (χ1) is 15.3. The highest BCUT2D eigenvalue weighted by atomic mass is 35.5. The first-order valence-electron chi connectivity index (χ1n) is 11.5. The zero-order valence-electron chi connectivity index (χ0n) is 19.3. The summed E-state index contributed by atoms with van der Waals surface area (Å²) in [5.74, 6) is 1.22. The second-order valence-corrected chi connectivity index (χ2v) is 9.82. The van der Waals surface area contributed by atoms with Crippen molar-refractivity contribution in [2.75, 3.05) is 49.5 Å². The van der Waals surface area contributed by atoms with E-state index in [1.807, 2.05) is 12.1 Å². The Morgan fingerprint density at radius 2 is 1.91 bits per heavy atom. The number of amides is 1. The summed E-state index contributed by atoms with van der Waals surface area (Å²) in [5.41, 5.74) is 3.15. The van der Waals surface area contributed by atoms with E-state index in [4.69, 9.17) is 16.3 Å². The summed E-state index contributed by atoms with van der Waals surface area (Å²) in [5, 5.41) is 3.75. The lowest BCUT2D eigenvalue weighted by Crippen LogP contribution is -2.46. The van der Waals surface area contributed by atoms with E-state index in [1.54, 1.807) is 0 Å². The van der Waals surface area contributed by atoms with Crippen molar-refractivity contribution in [3.8, 4) is 5.88 Å². The summed E-state index contributed by atoms with van der Waals surface area (Å²) in [6.07, 6.45) is 2.54. The van der Waals surface area contributed by atoms with Crippen LogP contribution in [0.15, 0.2) is 30.3 Å². The fraction of sp³-hybridized carbons (Fsp3) is 0.520. The Hall–Kier alpha value is -2.31. The number of nitrogens with one attached hydrogen (secondary N) is 1. The molecule has 1 amide bonds. The van der Waals surface area contributed by atoms with Crippen molar-refractivity contribution in [2.24, 2.45) is 0 Å². The van der Waals surface area contributed by atoms with E-state index in [1.165, 1.54) is 0 Å². The molecule has 2 aliphatic rings. The molecule has 3 heterocycles. The summed E-state index contributed by atoms with van der Waals surface area (Å²) in [6, 6.07) is 10.2. The van der Waals surface area contributed by atoms with E-state index >= 15 is 0 Å². The minimum absolute atomic E-state index is 0.0110. The third kappa shape index (κ3) is 5.18. The Morgan fingerprint density at radius 1 is 1.12 bits per heavy atom. The predicted octanol–water partition coefficient (Wildman–Crippen LogP) is 4.64. The molecule has 1 N–H and O–H groups in total. The maximum atomic E-state index is 11.9. The molecule has 0 bridgehead atoms. The molecule has 4 rings (SSSR count). The van der Waals surface area contributed by atoms with Crippen LogP contribution >= 0.6 is 11.6 Å². The van der Waals surface area contributed by atoms with E-state index in [0.717, 1.165) is 67.4 Å². The zero-order valence-corrected chi connectivity index (χ0v) is 20.0. The SMILES string of the molecule is Cc1cccc(N2CCN(CCCCOc3ccc4c(n3)NC(=O)CC4(C)C)CC2)c1Cl. The van der Waals surface area contributed by atoms with Crippen molar-refractivity contribution in [3.05, 3.63) is 46.5 Å². The van der Waals surface area contributed by atoms with Crippen molar-refractivity contribution >= 4 is 29.0 Å². The normalized spacial score (nSPS) is 18.2. The van der Waals surface area contributed by atoms with Crippen LogP contribution in [0.25, 0.3) is 0 Å². The summed E-state index contributed by atoms with van der Waals surface area (Å²) in [6.45, 7) is 12.0. The summed E-state index contributed by atoms with van der Waals surface area (Å²) in [7, 11) is 0. The average molecular weight is 457 g/mol. The van der Waals surface area contributed by atoms with Gasteiger partial charge < -0.3 is 15.0 Å². The lowest BCUT2D eigenvalue weighted by molar-refractivity contribution is -0.117. The van der Waals surface area contributed by atoms with Crippen LogP contribution < -0.4 is 15.0 Å². The highest BCUT2D eigenvalue weighted by Crippen LogP contribution is 2.37. The van der Waals surface area contributed by atoms with E-state index in [2.05, 4.69) is 59.1 Å². The van der Waals surface area contributed by atoms with Gasteiger partial charge in [0.1, 0.15) is 5.82 Å².